The number of ether oxygens (including phenoxy) is 2. The summed E-state index contributed by atoms with van der Waals surface area (Å²) in [5.41, 5.74) is 1.77. The Morgan fingerprint density at radius 2 is 2.00 bits per heavy atom. The molecule has 1 aromatic carbocycles. The van der Waals surface area contributed by atoms with E-state index in [1.54, 1.807) is 29.9 Å². The highest BCUT2D eigenvalue weighted by Crippen LogP contribution is 2.38. The molecule has 152 valence electrons. The van der Waals surface area contributed by atoms with Gasteiger partial charge in [0.2, 0.25) is 0 Å². The maximum atomic E-state index is 6.55. The van der Waals surface area contributed by atoms with E-state index < -0.39 is 0 Å². The van der Waals surface area contributed by atoms with Crippen LogP contribution in [0.5, 0.6) is 11.5 Å². The normalized spacial score (nSPS) is 12.9. The minimum Gasteiger partial charge on any atom is -0.486 e. The lowest BCUT2D eigenvalue weighted by Gasteiger charge is -2.19. The molecule has 0 unspecified atom stereocenters. The molecule has 0 amide bonds. The number of halogens is 1. The van der Waals surface area contributed by atoms with E-state index in [-0.39, 0.29) is 0 Å². The molecule has 0 saturated carbocycles. The third kappa shape index (κ3) is 3.64. The van der Waals surface area contributed by atoms with Crippen LogP contribution >= 0.6 is 22.9 Å². The molecule has 0 atom stereocenters. The van der Waals surface area contributed by atoms with Gasteiger partial charge in [-0.25, -0.2) is 15.0 Å². The molecule has 30 heavy (non-hydrogen) atoms. The summed E-state index contributed by atoms with van der Waals surface area (Å²) in [7, 11) is 0. The van der Waals surface area contributed by atoms with Gasteiger partial charge in [0, 0.05) is 23.8 Å². The van der Waals surface area contributed by atoms with Crippen molar-refractivity contribution in [1.29, 1.82) is 0 Å². The van der Waals surface area contributed by atoms with Crippen molar-refractivity contribution in [2.75, 3.05) is 25.1 Å². The zero-order valence-corrected chi connectivity index (χ0v) is 17.8. The topological polar surface area (TPSA) is 82.1 Å². The molecule has 3 aromatic heterocycles. The van der Waals surface area contributed by atoms with Crippen molar-refractivity contribution >= 4 is 39.0 Å². The van der Waals surface area contributed by atoms with Crippen molar-refractivity contribution in [3.8, 4) is 23.0 Å². The number of aryl methyl sites for hydroxylation is 1. The summed E-state index contributed by atoms with van der Waals surface area (Å²) in [4.78, 5) is 19.6. The number of nitrogens with one attached hydrogen (secondary N) is 1. The highest BCUT2D eigenvalue weighted by molar-refractivity contribution is 7.19. The number of fused-ring (bicyclic) bond motifs is 2. The maximum absolute atomic E-state index is 6.55. The van der Waals surface area contributed by atoms with Crippen molar-refractivity contribution in [1.82, 2.24) is 19.9 Å². The Morgan fingerprint density at radius 1 is 1.13 bits per heavy atom. The largest absolute Gasteiger partial charge is 0.486 e. The summed E-state index contributed by atoms with van der Waals surface area (Å²) in [6.45, 7) is 3.83. The first-order valence-electron chi connectivity index (χ1n) is 9.54. The number of aromatic nitrogens is 4. The van der Waals surface area contributed by atoms with E-state index >= 15 is 0 Å². The Hall–Kier alpha value is -2.97. The smallest absolute Gasteiger partial charge is 0.183 e. The zero-order valence-electron chi connectivity index (χ0n) is 16.2. The fraction of sp³-hybridized carbons (Fsp3) is 0.238. The number of hydrogen-bond acceptors (Lipinski definition) is 8. The molecule has 0 bridgehead atoms. The van der Waals surface area contributed by atoms with Crippen LogP contribution < -0.4 is 14.8 Å². The molecule has 1 N–H and O–H groups in total. The Kier molecular flexibility index (Phi) is 5.10. The molecule has 1 aliphatic rings. The van der Waals surface area contributed by atoms with Crippen LogP contribution in [-0.4, -0.2) is 39.7 Å². The van der Waals surface area contributed by atoms with Gasteiger partial charge >= 0.3 is 0 Å². The molecular weight excluding hydrogens is 422 g/mol. The number of hydrogen-bond donors (Lipinski definition) is 1. The van der Waals surface area contributed by atoms with E-state index in [1.807, 2.05) is 19.1 Å². The minimum atomic E-state index is 0.523. The van der Waals surface area contributed by atoms with Crippen molar-refractivity contribution in [2.45, 2.75) is 13.3 Å². The summed E-state index contributed by atoms with van der Waals surface area (Å²) >= 11 is 8.10. The number of nitrogens with zero attached hydrogens (tertiary/aromatic N) is 4. The average molecular weight is 440 g/mol. The molecule has 4 heterocycles. The van der Waals surface area contributed by atoms with Crippen LogP contribution in [0.15, 0.2) is 36.8 Å². The Balaban J connectivity index is 1.42. The van der Waals surface area contributed by atoms with Gasteiger partial charge in [0.15, 0.2) is 17.3 Å². The lowest BCUT2D eigenvalue weighted by atomic mass is 10.1. The van der Waals surface area contributed by atoms with E-state index in [9.17, 15) is 0 Å². The molecule has 0 aliphatic carbocycles. The van der Waals surface area contributed by atoms with Crippen LogP contribution in [0.25, 0.3) is 21.7 Å². The molecule has 0 radical (unpaired) electrons. The number of thiophene rings is 1. The first-order valence-corrected chi connectivity index (χ1v) is 10.7. The number of benzene rings is 1. The van der Waals surface area contributed by atoms with Gasteiger partial charge in [0.05, 0.1) is 16.6 Å². The van der Waals surface area contributed by atoms with Gasteiger partial charge in [0.25, 0.3) is 0 Å². The van der Waals surface area contributed by atoms with Gasteiger partial charge in [-0.15, -0.1) is 11.3 Å². The number of rotatable bonds is 5. The minimum absolute atomic E-state index is 0.523. The van der Waals surface area contributed by atoms with Crippen molar-refractivity contribution < 1.29 is 9.47 Å². The van der Waals surface area contributed by atoms with E-state index in [0.29, 0.717) is 42.1 Å². The summed E-state index contributed by atoms with van der Waals surface area (Å²) in [5.74, 6) is 2.82. The van der Waals surface area contributed by atoms with Crippen LogP contribution in [0.1, 0.15) is 10.4 Å². The van der Waals surface area contributed by atoms with E-state index in [1.165, 1.54) is 0 Å². The average Bonchev–Trinajstić information content (AvgIpc) is 3.08. The quantitative estimate of drug-likeness (QED) is 0.489. The Labute approximate surface area is 182 Å². The van der Waals surface area contributed by atoms with E-state index in [0.717, 1.165) is 38.6 Å². The lowest BCUT2D eigenvalue weighted by molar-refractivity contribution is 0.171. The van der Waals surface area contributed by atoms with Gasteiger partial charge in [0.1, 0.15) is 29.6 Å². The molecule has 5 rings (SSSR count). The van der Waals surface area contributed by atoms with Gasteiger partial charge in [-0.3, -0.25) is 4.98 Å². The fourth-order valence-electron chi connectivity index (χ4n) is 3.30. The predicted molar refractivity (Wildman–Crippen MR) is 118 cm³/mol. The van der Waals surface area contributed by atoms with Crippen LogP contribution in [0.2, 0.25) is 5.02 Å². The molecule has 0 saturated heterocycles. The third-order valence-corrected chi connectivity index (χ3v) is 6.34. The molecular formula is C21H18ClN5O2S. The fourth-order valence-corrected chi connectivity index (χ4v) is 4.57. The Morgan fingerprint density at radius 3 is 2.83 bits per heavy atom. The summed E-state index contributed by atoms with van der Waals surface area (Å²) < 4.78 is 11.3. The molecule has 4 aromatic rings. The molecule has 9 heteroatoms. The van der Waals surface area contributed by atoms with Gasteiger partial charge in [-0.2, -0.15) is 0 Å². The van der Waals surface area contributed by atoms with E-state index in [4.69, 9.17) is 26.1 Å². The predicted octanol–water partition coefficient (Wildman–Crippen LogP) is 4.54. The maximum Gasteiger partial charge on any atom is 0.183 e. The highest BCUT2D eigenvalue weighted by Gasteiger charge is 2.17. The van der Waals surface area contributed by atoms with Gasteiger partial charge in [-0.05, 0) is 31.0 Å². The standard InChI is InChI=1S/C21H18ClN5O2S/c1-12-18(22)17-20(26-19(27-21(17)30-12)14-11-23-6-7-24-14)25-5-4-13-2-3-15-16(10-13)29-9-8-28-15/h2-3,6-7,10-11H,4-5,8-9H2,1H3,(H,25,26,27). The summed E-state index contributed by atoms with van der Waals surface area (Å²) in [6.07, 6.45) is 5.71. The highest BCUT2D eigenvalue weighted by atomic mass is 35.5. The molecule has 0 fully saturated rings. The monoisotopic (exact) mass is 439 g/mol. The zero-order chi connectivity index (χ0) is 20.5. The van der Waals surface area contributed by atoms with Crippen molar-refractivity contribution in [3.63, 3.8) is 0 Å². The summed E-state index contributed by atoms with van der Waals surface area (Å²) in [6, 6.07) is 6.04. The number of anilines is 1. The molecule has 0 spiro atoms. The Bertz CT molecular complexity index is 1220. The first-order chi connectivity index (χ1) is 14.7. The van der Waals surface area contributed by atoms with Gasteiger partial charge < -0.3 is 14.8 Å². The second kappa shape index (κ2) is 8.04. The van der Waals surface area contributed by atoms with Crippen LogP contribution in [0.3, 0.4) is 0 Å². The molecule has 1 aliphatic heterocycles. The summed E-state index contributed by atoms with van der Waals surface area (Å²) in [5, 5.41) is 4.96. The molecule has 7 nitrogen and oxygen atoms in total. The van der Waals surface area contributed by atoms with Crippen LogP contribution in [0, 0.1) is 6.92 Å². The van der Waals surface area contributed by atoms with Crippen LogP contribution in [-0.2, 0) is 6.42 Å². The first kappa shape index (κ1) is 19.0. The lowest BCUT2D eigenvalue weighted by Crippen LogP contribution is -2.15. The van der Waals surface area contributed by atoms with Crippen molar-refractivity contribution in [2.24, 2.45) is 0 Å². The second-order valence-corrected chi connectivity index (χ2v) is 8.37. The van der Waals surface area contributed by atoms with Crippen molar-refractivity contribution in [3.05, 3.63) is 52.3 Å². The van der Waals surface area contributed by atoms with Crippen LogP contribution in [0.4, 0.5) is 5.82 Å². The SMILES string of the molecule is Cc1sc2nc(-c3cnccn3)nc(NCCc3ccc4c(c3)OCCO4)c2c1Cl. The van der Waals surface area contributed by atoms with Gasteiger partial charge in [-0.1, -0.05) is 17.7 Å². The van der Waals surface area contributed by atoms with E-state index in [2.05, 4.69) is 26.3 Å². The second-order valence-electron chi connectivity index (χ2n) is 6.79. The third-order valence-electron chi connectivity index (χ3n) is 4.76.